The maximum absolute atomic E-state index is 9.82. The topological polar surface area (TPSA) is 58.3 Å². The van der Waals surface area contributed by atoms with Crippen molar-refractivity contribution in [1.29, 1.82) is 0 Å². The maximum atomic E-state index is 9.82. The minimum Gasteiger partial charge on any atom is -0.399 e. The van der Waals surface area contributed by atoms with Crippen LogP contribution in [-0.4, -0.2) is 18.8 Å². The first kappa shape index (κ1) is 16.1. The van der Waals surface area contributed by atoms with Crippen LogP contribution >= 0.6 is 23.2 Å². The molecule has 2 aromatic rings. The number of likely N-dealkylation sites (N-methyl/N-ethyl adjacent to an activating group) is 1. The van der Waals surface area contributed by atoms with Crippen LogP contribution in [0.25, 0.3) is 0 Å². The Kier molecular flexibility index (Phi) is 5.48. The molecule has 0 radical (unpaired) electrons. The molecule has 5 heteroatoms. The quantitative estimate of drug-likeness (QED) is 0.736. The molecule has 0 aromatic heterocycles. The average molecular weight is 325 g/mol. The van der Waals surface area contributed by atoms with Crippen LogP contribution in [0.3, 0.4) is 0 Å². The molecule has 2 aromatic carbocycles. The Balaban J connectivity index is 2.39. The van der Waals surface area contributed by atoms with Crippen LogP contribution < -0.4 is 11.1 Å². The van der Waals surface area contributed by atoms with Crippen molar-refractivity contribution < 1.29 is 5.11 Å². The van der Waals surface area contributed by atoms with E-state index in [1.807, 2.05) is 37.4 Å². The van der Waals surface area contributed by atoms with E-state index in [1.165, 1.54) is 0 Å². The Hall–Kier alpha value is -1.26. The first-order valence-corrected chi connectivity index (χ1v) is 7.41. The molecule has 0 bridgehead atoms. The highest BCUT2D eigenvalue weighted by Crippen LogP contribution is 2.34. The molecule has 0 amide bonds. The van der Waals surface area contributed by atoms with Gasteiger partial charge < -0.3 is 16.2 Å². The summed E-state index contributed by atoms with van der Waals surface area (Å²) in [5, 5.41) is 14.0. The van der Waals surface area contributed by atoms with Crippen molar-refractivity contribution in [3.63, 3.8) is 0 Å². The van der Waals surface area contributed by atoms with Crippen LogP contribution in [-0.2, 0) is 0 Å². The van der Waals surface area contributed by atoms with Gasteiger partial charge in [-0.15, -0.1) is 0 Å². The van der Waals surface area contributed by atoms with Gasteiger partial charge in [-0.2, -0.15) is 0 Å². The lowest BCUT2D eigenvalue weighted by Gasteiger charge is -2.26. The molecule has 0 saturated carbocycles. The number of halogens is 2. The molecule has 4 N–H and O–H groups in total. The molecule has 0 saturated heterocycles. The second kappa shape index (κ2) is 7.14. The number of nitrogens with one attached hydrogen (secondary N) is 1. The number of nitrogen functional groups attached to an aromatic ring is 1. The van der Waals surface area contributed by atoms with E-state index in [0.29, 0.717) is 15.7 Å². The zero-order valence-corrected chi connectivity index (χ0v) is 13.2. The summed E-state index contributed by atoms with van der Waals surface area (Å²) in [4.78, 5) is 0. The summed E-state index contributed by atoms with van der Waals surface area (Å²) in [5.74, 6) is -0.147. The highest BCUT2D eigenvalue weighted by molar-refractivity contribution is 6.42. The summed E-state index contributed by atoms with van der Waals surface area (Å²) in [6.07, 6.45) is 0. The predicted molar refractivity (Wildman–Crippen MR) is 88.9 cm³/mol. The summed E-state index contributed by atoms with van der Waals surface area (Å²) >= 11 is 12.0. The molecular weight excluding hydrogens is 307 g/mol. The summed E-state index contributed by atoms with van der Waals surface area (Å²) in [7, 11) is 1.86. The molecule has 0 spiro atoms. The smallest absolute Gasteiger partial charge is 0.0595 e. The van der Waals surface area contributed by atoms with Gasteiger partial charge in [-0.3, -0.25) is 0 Å². The van der Waals surface area contributed by atoms with E-state index >= 15 is 0 Å². The molecule has 112 valence electrons. The number of anilines is 1. The zero-order valence-electron chi connectivity index (χ0n) is 11.7. The summed E-state index contributed by atoms with van der Waals surface area (Å²) < 4.78 is 0. The Bertz CT molecular complexity index is 619. The normalized spacial score (nSPS) is 13.9. The third-order valence-corrected chi connectivity index (χ3v) is 4.29. The minimum atomic E-state index is -0.147. The van der Waals surface area contributed by atoms with Crippen LogP contribution in [0.1, 0.15) is 23.1 Å². The molecule has 0 heterocycles. The molecule has 0 fully saturated rings. The predicted octanol–water partition coefficient (Wildman–Crippen LogP) is 3.61. The van der Waals surface area contributed by atoms with E-state index in [0.717, 1.165) is 11.1 Å². The van der Waals surface area contributed by atoms with Crippen molar-refractivity contribution in [1.82, 2.24) is 5.32 Å². The fourth-order valence-electron chi connectivity index (χ4n) is 2.50. The van der Waals surface area contributed by atoms with Gasteiger partial charge in [0, 0.05) is 17.6 Å². The lowest BCUT2D eigenvalue weighted by molar-refractivity contribution is 0.239. The monoisotopic (exact) mass is 324 g/mol. The van der Waals surface area contributed by atoms with Gasteiger partial charge in [0.25, 0.3) is 0 Å². The zero-order chi connectivity index (χ0) is 15.4. The van der Waals surface area contributed by atoms with Gasteiger partial charge in [-0.1, -0.05) is 41.4 Å². The van der Waals surface area contributed by atoms with Gasteiger partial charge in [0.2, 0.25) is 0 Å². The van der Waals surface area contributed by atoms with Crippen LogP contribution in [0.15, 0.2) is 42.5 Å². The van der Waals surface area contributed by atoms with E-state index < -0.39 is 0 Å². The first-order chi connectivity index (χ1) is 10.1. The Morgan fingerprint density at radius 3 is 2.43 bits per heavy atom. The number of benzene rings is 2. The van der Waals surface area contributed by atoms with Crippen molar-refractivity contribution in [2.24, 2.45) is 0 Å². The Morgan fingerprint density at radius 2 is 1.86 bits per heavy atom. The standard InChI is InChI=1S/C16H18Cl2N2O/c1-20-16(11-3-2-4-12(19)7-11)13(9-21)10-5-6-14(17)15(18)8-10/h2-8,13,16,20-21H,9,19H2,1H3/t13-,16?/m1/s1. The summed E-state index contributed by atoms with van der Waals surface area (Å²) in [6, 6.07) is 13.0. The number of nitrogens with two attached hydrogens (primary N) is 1. The Labute approximate surface area is 134 Å². The molecule has 0 aliphatic rings. The largest absolute Gasteiger partial charge is 0.399 e. The molecule has 0 aliphatic carbocycles. The lowest BCUT2D eigenvalue weighted by atomic mass is 9.87. The number of rotatable bonds is 5. The van der Waals surface area contributed by atoms with E-state index in [2.05, 4.69) is 5.32 Å². The second-order valence-corrected chi connectivity index (χ2v) is 5.71. The van der Waals surface area contributed by atoms with Crippen molar-refractivity contribution in [3.05, 3.63) is 63.6 Å². The molecule has 21 heavy (non-hydrogen) atoms. The highest BCUT2D eigenvalue weighted by Gasteiger charge is 2.23. The Morgan fingerprint density at radius 1 is 1.10 bits per heavy atom. The number of hydrogen-bond acceptors (Lipinski definition) is 3. The lowest BCUT2D eigenvalue weighted by Crippen LogP contribution is -2.26. The number of hydrogen-bond donors (Lipinski definition) is 3. The van der Waals surface area contributed by atoms with Crippen molar-refractivity contribution >= 4 is 28.9 Å². The average Bonchev–Trinajstić information content (AvgIpc) is 2.47. The molecule has 1 unspecified atom stereocenters. The van der Waals surface area contributed by atoms with Crippen LogP contribution in [0.5, 0.6) is 0 Å². The van der Waals surface area contributed by atoms with E-state index in [1.54, 1.807) is 12.1 Å². The molecule has 0 aliphatic heterocycles. The summed E-state index contributed by atoms with van der Waals surface area (Å²) in [5.41, 5.74) is 8.48. The molecule has 2 rings (SSSR count). The third-order valence-electron chi connectivity index (χ3n) is 3.55. The van der Waals surface area contributed by atoms with Gasteiger partial charge in [0.1, 0.15) is 0 Å². The van der Waals surface area contributed by atoms with Gasteiger partial charge in [-0.25, -0.2) is 0 Å². The fraction of sp³-hybridized carbons (Fsp3) is 0.250. The van der Waals surface area contributed by atoms with Crippen molar-refractivity contribution in [2.45, 2.75) is 12.0 Å². The first-order valence-electron chi connectivity index (χ1n) is 6.65. The third kappa shape index (κ3) is 3.69. The number of aliphatic hydroxyl groups excluding tert-OH is 1. The molecular formula is C16H18Cl2N2O. The van der Waals surface area contributed by atoms with Gasteiger partial charge in [0.15, 0.2) is 0 Å². The maximum Gasteiger partial charge on any atom is 0.0595 e. The van der Waals surface area contributed by atoms with Crippen LogP contribution in [0, 0.1) is 0 Å². The second-order valence-electron chi connectivity index (χ2n) is 4.90. The minimum absolute atomic E-state index is 0.0156. The van der Waals surface area contributed by atoms with Crippen LogP contribution in [0.4, 0.5) is 5.69 Å². The van der Waals surface area contributed by atoms with Gasteiger partial charge >= 0.3 is 0 Å². The van der Waals surface area contributed by atoms with Crippen molar-refractivity contribution in [3.8, 4) is 0 Å². The SMILES string of the molecule is CNC(c1cccc(N)c1)[C@H](CO)c1ccc(Cl)c(Cl)c1. The van der Waals surface area contributed by atoms with E-state index in [9.17, 15) is 5.11 Å². The van der Waals surface area contributed by atoms with Crippen LogP contribution in [0.2, 0.25) is 10.0 Å². The molecule has 3 nitrogen and oxygen atoms in total. The fourth-order valence-corrected chi connectivity index (χ4v) is 2.81. The van der Waals surface area contributed by atoms with Gasteiger partial charge in [-0.05, 0) is 42.4 Å². The number of aliphatic hydroxyl groups is 1. The van der Waals surface area contributed by atoms with E-state index in [-0.39, 0.29) is 18.6 Å². The highest BCUT2D eigenvalue weighted by atomic mass is 35.5. The van der Waals surface area contributed by atoms with E-state index in [4.69, 9.17) is 28.9 Å². The summed E-state index contributed by atoms with van der Waals surface area (Å²) in [6.45, 7) is -0.0156. The molecule has 2 atom stereocenters. The van der Waals surface area contributed by atoms with Crippen molar-refractivity contribution in [2.75, 3.05) is 19.4 Å². The van der Waals surface area contributed by atoms with Gasteiger partial charge in [0.05, 0.1) is 16.7 Å².